The van der Waals surface area contributed by atoms with E-state index in [0.29, 0.717) is 16.0 Å². The minimum absolute atomic E-state index is 0.132. The molecule has 1 amide bonds. The van der Waals surface area contributed by atoms with E-state index in [1.165, 1.54) is 29.9 Å². The molecule has 140 valence electrons. The van der Waals surface area contributed by atoms with Gasteiger partial charge in [-0.2, -0.15) is 4.99 Å². The van der Waals surface area contributed by atoms with Crippen LogP contribution in [-0.4, -0.2) is 30.2 Å². The summed E-state index contributed by atoms with van der Waals surface area (Å²) < 4.78 is 25.8. The number of para-hydroxylation sites is 1. The number of esters is 1. The summed E-state index contributed by atoms with van der Waals surface area (Å²) in [6.45, 7) is 1.50. The molecule has 0 radical (unpaired) electrons. The van der Waals surface area contributed by atoms with Crippen molar-refractivity contribution in [1.29, 1.82) is 0 Å². The van der Waals surface area contributed by atoms with Crippen molar-refractivity contribution in [2.24, 2.45) is 4.99 Å². The second-order valence-corrected chi connectivity index (χ2v) is 6.73. The lowest BCUT2D eigenvalue weighted by Gasteiger charge is -2.06. The van der Waals surface area contributed by atoms with Crippen LogP contribution in [0.1, 0.15) is 5.56 Å². The van der Waals surface area contributed by atoms with Gasteiger partial charge in [0.15, 0.2) is 11.4 Å². The minimum Gasteiger partial charge on any atom is -0.483 e. The summed E-state index contributed by atoms with van der Waals surface area (Å²) in [5, 5.41) is 0. The van der Waals surface area contributed by atoms with Crippen LogP contribution in [-0.2, 0) is 20.9 Å². The highest BCUT2D eigenvalue weighted by Crippen LogP contribution is 2.19. The Morgan fingerprint density at radius 2 is 2.00 bits per heavy atom. The summed E-state index contributed by atoms with van der Waals surface area (Å²) in [5.41, 5.74) is 1.50. The minimum atomic E-state index is -0.510. The SMILES string of the molecule is COC(=O)Cn1c(=NC(=O)COc2ccccc2C)sc2cc(F)ccc21. The number of carbonyl (C=O) groups is 2. The van der Waals surface area contributed by atoms with E-state index < -0.39 is 17.7 Å². The maximum atomic E-state index is 13.5. The zero-order chi connectivity index (χ0) is 19.4. The highest BCUT2D eigenvalue weighted by Gasteiger charge is 2.13. The fraction of sp³-hybridized carbons (Fsp3) is 0.211. The Hall–Kier alpha value is -3.00. The van der Waals surface area contributed by atoms with Crippen molar-refractivity contribution in [2.75, 3.05) is 13.7 Å². The summed E-state index contributed by atoms with van der Waals surface area (Å²) >= 11 is 1.12. The van der Waals surface area contributed by atoms with Crippen molar-refractivity contribution in [3.63, 3.8) is 0 Å². The van der Waals surface area contributed by atoms with Crippen molar-refractivity contribution < 1.29 is 23.5 Å². The fourth-order valence-electron chi connectivity index (χ4n) is 2.48. The number of rotatable bonds is 5. The molecule has 0 aliphatic rings. The van der Waals surface area contributed by atoms with Crippen LogP contribution in [0.2, 0.25) is 0 Å². The lowest BCUT2D eigenvalue weighted by atomic mass is 10.2. The van der Waals surface area contributed by atoms with Gasteiger partial charge in [0.1, 0.15) is 18.1 Å². The molecule has 3 aromatic rings. The average Bonchev–Trinajstić information content (AvgIpc) is 2.97. The van der Waals surface area contributed by atoms with Crippen molar-refractivity contribution in [3.05, 3.63) is 58.6 Å². The molecule has 0 aliphatic carbocycles. The molecule has 0 bridgehead atoms. The van der Waals surface area contributed by atoms with E-state index in [1.54, 1.807) is 6.07 Å². The van der Waals surface area contributed by atoms with E-state index in [2.05, 4.69) is 4.99 Å². The number of benzene rings is 2. The van der Waals surface area contributed by atoms with Crippen LogP contribution in [0.25, 0.3) is 10.2 Å². The van der Waals surface area contributed by atoms with Crippen molar-refractivity contribution >= 4 is 33.4 Å². The monoisotopic (exact) mass is 388 g/mol. The lowest BCUT2D eigenvalue weighted by molar-refractivity contribution is -0.141. The van der Waals surface area contributed by atoms with Gasteiger partial charge in [0.25, 0.3) is 5.91 Å². The molecule has 2 aromatic carbocycles. The third kappa shape index (κ3) is 4.40. The van der Waals surface area contributed by atoms with E-state index in [0.717, 1.165) is 16.9 Å². The number of carbonyl (C=O) groups excluding carboxylic acids is 2. The maximum Gasteiger partial charge on any atom is 0.325 e. The van der Waals surface area contributed by atoms with Crippen LogP contribution >= 0.6 is 11.3 Å². The smallest absolute Gasteiger partial charge is 0.325 e. The van der Waals surface area contributed by atoms with Gasteiger partial charge in [-0.3, -0.25) is 9.59 Å². The summed E-state index contributed by atoms with van der Waals surface area (Å²) in [6.07, 6.45) is 0. The number of fused-ring (bicyclic) bond motifs is 1. The number of amides is 1. The van der Waals surface area contributed by atoms with Gasteiger partial charge in [-0.05, 0) is 36.8 Å². The number of methoxy groups -OCH3 is 1. The Labute approximate surface area is 158 Å². The number of halogens is 1. The molecule has 0 saturated heterocycles. The van der Waals surface area contributed by atoms with E-state index in [1.807, 2.05) is 25.1 Å². The zero-order valence-corrected chi connectivity index (χ0v) is 15.6. The number of ether oxygens (including phenoxy) is 2. The molecule has 0 spiro atoms. The third-order valence-corrected chi connectivity index (χ3v) is 4.87. The Morgan fingerprint density at radius 1 is 1.22 bits per heavy atom. The fourth-order valence-corrected chi connectivity index (χ4v) is 3.55. The summed E-state index contributed by atoms with van der Waals surface area (Å²) in [6, 6.07) is 11.5. The highest BCUT2D eigenvalue weighted by molar-refractivity contribution is 7.16. The summed E-state index contributed by atoms with van der Waals surface area (Å²) in [7, 11) is 1.27. The van der Waals surface area contributed by atoms with Gasteiger partial charge in [0.05, 0.1) is 17.3 Å². The number of aromatic nitrogens is 1. The van der Waals surface area contributed by atoms with Gasteiger partial charge >= 0.3 is 5.97 Å². The number of hydrogen-bond donors (Lipinski definition) is 0. The predicted molar refractivity (Wildman–Crippen MR) is 99.0 cm³/mol. The first-order valence-electron chi connectivity index (χ1n) is 8.09. The molecule has 8 heteroatoms. The average molecular weight is 388 g/mol. The zero-order valence-electron chi connectivity index (χ0n) is 14.8. The Kier molecular flexibility index (Phi) is 5.66. The third-order valence-electron chi connectivity index (χ3n) is 3.82. The van der Waals surface area contributed by atoms with Crippen molar-refractivity contribution in [3.8, 4) is 5.75 Å². The summed E-state index contributed by atoms with van der Waals surface area (Å²) in [4.78, 5) is 28.3. The van der Waals surface area contributed by atoms with E-state index >= 15 is 0 Å². The van der Waals surface area contributed by atoms with Gasteiger partial charge in [0.2, 0.25) is 0 Å². The van der Waals surface area contributed by atoms with Crippen molar-refractivity contribution in [1.82, 2.24) is 4.57 Å². The van der Waals surface area contributed by atoms with Crippen LogP contribution in [0.5, 0.6) is 5.75 Å². The Balaban J connectivity index is 1.91. The quantitative estimate of drug-likeness (QED) is 0.630. The molecule has 0 aliphatic heterocycles. The van der Waals surface area contributed by atoms with E-state index in [4.69, 9.17) is 9.47 Å². The second-order valence-electron chi connectivity index (χ2n) is 5.72. The molecule has 1 aromatic heterocycles. The van der Waals surface area contributed by atoms with Gasteiger partial charge < -0.3 is 14.0 Å². The largest absolute Gasteiger partial charge is 0.483 e. The number of nitrogens with zero attached hydrogens (tertiary/aromatic N) is 2. The second kappa shape index (κ2) is 8.13. The van der Waals surface area contributed by atoms with E-state index in [9.17, 15) is 14.0 Å². The van der Waals surface area contributed by atoms with Crippen LogP contribution in [0.3, 0.4) is 0 Å². The molecule has 0 N–H and O–H groups in total. The van der Waals surface area contributed by atoms with Gasteiger partial charge in [-0.25, -0.2) is 4.39 Å². The van der Waals surface area contributed by atoms with Gasteiger partial charge in [-0.15, -0.1) is 0 Å². The van der Waals surface area contributed by atoms with Gasteiger partial charge in [0, 0.05) is 0 Å². The number of hydrogen-bond acceptors (Lipinski definition) is 5. The first-order valence-corrected chi connectivity index (χ1v) is 8.91. The Bertz CT molecular complexity index is 1070. The standard InChI is InChI=1S/C19H17FN2O4S/c1-12-5-3-4-6-15(12)26-11-17(23)21-19-22(10-18(24)25-2)14-8-7-13(20)9-16(14)27-19/h3-9H,10-11H2,1-2H3. The Morgan fingerprint density at radius 3 is 2.74 bits per heavy atom. The molecule has 0 saturated carbocycles. The first kappa shape index (κ1) is 18.8. The normalized spacial score (nSPS) is 11.6. The first-order chi connectivity index (χ1) is 13.0. The molecule has 0 atom stereocenters. The molecule has 27 heavy (non-hydrogen) atoms. The van der Waals surface area contributed by atoms with Gasteiger partial charge in [-0.1, -0.05) is 29.5 Å². The summed E-state index contributed by atoms with van der Waals surface area (Å²) in [5.74, 6) is -0.815. The predicted octanol–water partition coefficient (Wildman–Crippen LogP) is 2.83. The maximum absolute atomic E-state index is 13.5. The molecule has 6 nitrogen and oxygen atoms in total. The van der Waals surface area contributed by atoms with Crippen LogP contribution in [0, 0.1) is 12.7 Å². The van der Waals surface area contributed by atoms with E-state index in [-0.39, 0.29) is 18.0 Å². The molecular weight excluding hydrogens is 371 g/mol. The number of aryl methyl sites for hydroxylation is 1. The topological polar surface area (TPSA) is 69.9 Å². The molecule has 3 rings (SSSR count). The number of thiazole rings is 1. The molecule has 0 fully saturated rings. The highest BCUT2D eigenvalue weighted by atomic mass is 32.1. The van der Waals surface area contributed by atoms with Crippen LogP contribution in [0.4, 0.5) is 4.39 Å². The van der Waals surface area contributed by atoms with Crippen molar-refractivity contribution in [2.45, 2.75) is 13.5 Å². The molecular formula is C19H17FN2O4S. The molecule has 1 heterocycles. The van der Waals surface area contributed by atoms with Crippen LogP contribution in [0.15, 0.2) is 47.5 Å². The lowest BCUT2D eigenvalue weighted by Crippen LogP contribution is -2.23. The molecule has 0 unspecified atom stereocenters. The van der Waals surface area contributed by atoms with Crippen LogP contribution < -0.4 is 9.54 Å².